The van der Waals surface area contributed by atoms with Crippen LogP contribution in [0.4, 0.5) is 4.39 Å². The number of nitrogens with one attached hydrogen (secondary N) is 1. The molecule has 0 spiro atoms. The second-order valence-corrected chi connectivity index (χ2v) is 7.37. The number of benzene rings is 2. The van der Waals surface area contributed by atoms with Gasteiger partial charge < -0.3 is 10.4 Å². The standard InChI is InChI=1S/C21H20FNO3/c1-12-10-18(15-11-13(19(24)25)6-7-14(12)15)23-20(26)21(8-9-21)16-4-2-3-5-17(16)22/h2-7,11-12,18H,8-10H2,1H3,(H,23,26)(H,24,25)/t12-,18?/m1/s1. The molecular weight excluding hydrogens is 333 g/mol. The van der Waals surface area contributed by atoms with Crippen molar-refractivity contribution in [1.82, 2.24) is 5.32 Å². The van der Waals surface area contributed by atoms with Crippen molar-refractivity contribution in [3.63, 3.8) is 0 Å². The Morgan fingerprint density at radius 2 is 1.88 bits per heavy atom. The number of carboxylic acids is 1. The van der Waals surface area contributed by atoms with E-state index in [1.165, 1.54) is 6.07 Å². The monoisotopic (exact) mass is 353 g/mol. The summed E-state index contributed by atoms with van der Waals surface area (Å²) in [6.45, 7) is 2.06. The molecule has 1 saturated carbocycles. The average Bonchev–Trinajstić information content (AvgIpc) is 3.37. The molecule has 0 radical (unpaired) electrons. The summed E-state index contributed by atoms with van der Waals surface area (Å²) in [6.07, 6.45) is 1.98. The third kappa shape index (κ3) is 2.59. The Morgan fingerprint density at radius 3 is 2.54 bits per heavy atom. The van der Waals surface area contributed by atoms with Crippen molar-refractivity contribution >= 4 is 11.9 Å². The lowest BCUT2D eigenvalue weighted by Crippen LogP contribution is -2.37. The quantitative estimate of drug-likeness (QED) is 0.875. The highest BCUT2D eigenvalue weighted by molar-refractivity contribution is 5.92. The van der Waals surface area contributed by atoms with Crippen LogP contribution in [-0.2, 0) is 10.2 Å². The van der Waals surface area contributed by atoms with Crippen LogP contribution in [0, 0.1) is 5.82 Å². The van der Waals surface area contributed by atoms with Gasteiger partial charge in [-0.25, -0.2) is 9.18 Å². The van der Waals surface area contributed by atoms with Gasteiger partial charge in [-0.1, -0.05) is 31.2 Å². The fourth-order valence-corrected chi connectivity index (χ4v) is 4.09. The number of hydrogen-bond donors (Lipinski definition) is 2. The van der Waals surface area contributed by atoms with Gasteiger partial charge in [0.1, 0.15) is 5.82 Å². The van der Waals surface area contributed by atoms with E-state index in [0.717, 1.165) is 17.5 Å². The van der Waals surface area contributed by atoms with Crippen LogP contribution < -0.4 is 5.32 Å². The van der Waals surface area contributed by atoms with E-state index in [4.69, 9.17) is 0 Å². The van der Waals surface area contributed by atoms with Crippen LogP contribution in [0.5, 0.6) is 0 Å². The van der Waals surface area contributed by atoms with Crippen LogP contribution in [-0.4, -0.2) is 17.0 Å². The molecule has 0 aliphatic heterocycles. The molecule has 1 amide bonds. The van der Waals surface area contributed by atoms with E-state index < -0.39 is 11.4 Å². The molecule has 0 bridgehead atoms. The summed E-state index contributed by atoms with van der Waals surface area (Å²) in [7, 11) is 0. The Hall–Kier alpha value is -2.69. The minimum atomic E-state index is -0.984. The SMILES string of the molecule is C[C@@H]1CC(NC(=O)C2(c3ccccc3F)CC2)c2cc(C(=O)O)ccc21. The number of fused-ring (bicyclic) bond motifs is 1. The first-order chi connectivity index (χ1) is 12.4. The molecule has 134 valence electrons. The van der Waals surface area contributed by atoms with Crippen molar-refractivity contribution in [1.29, 1.82) is 0 Å². The van der Waals surface area contributed by atoms with E-state index in [-0.39, 0.29) is 29.2 Å². The summed E-state index contributed by atoms with van der Waals surface area (Å²) >= 11 is 0. The van der Waals surface area contributed by atoms with E-state index in [1.807, 2.05) is 6.07 Å². The van der Waals surface area contributed by atoms with Crippen LogP contribution in [0.1, 0.15) is 65.2 Å². The molecule has 2 aromatic rings. The number of amides is 1. The summed E-state index contributed by atoms with van der Waals surface area (Å²) in [4.78, 5) is 24.3. The molecule has 2 aliphatic carbocycles. The number of aromatic carboxylic acids is 1. The molecule has 2 aliphatic rings. The molecule has 0 aromatic heterocycles. The zero-order valence-electron chi connectivity index (χ0n) is 14.5. The summed E-state index contributed by atoms with van der Waals surface area (Å²) in [5.74, 6) is -1.27. The van der Waals surface area contributed by atoms with Gasteiger partial charge in [-0.3, -0.25) is 4.79 Å². The minimum Gasteiger partial charge on any atom is -0.478 e. The zero-order chi connectivity index (χ0) is 18.5. The Labute approximate surface area is 151 Å². The van der Waals surface area contributed by atoms with Crippen molar-refractivity contribution in [2.45, 2.75) is 43.6 Å². The summed E-state index contributed by atoms with van der Waals surface area (Å²) in [5.41, 5.74) is 1.79. The highest BCUT2D eigenvalue weighted by atomic mass is 19.1. The Morgan fingerprint density at radius 1 is 1.15 bits per heavy atom. The summed E-state index contributed by atoms with van der Waals surface area (Å²) in [5, 5.41) is 12.3. The van der Waals surface area contributed by atoms with Crippen molar-refractivity contribution in [2.24, 2.45) is 0 Å². The van der Waals surface area contributed by atoms with Gasteiger partial charge in [0.05, 0.1) is 17.0 Å². The molecule has 26 heavy (non-hydrogen) atoms. The maximum absolute atomic E-state index is 14.2. The van der Waals surface area contributed by atoms with E-state index >= 15 is 0 Å². The van der Waals surface area contributed by atoms with Crippen LogP contribution in [0.3, 0.4) is 0 Å². The van der Waals surface area contributed by atoms with E-state index in [0.29, 0.717) is 18.4 Å². The molecular formula is C21H20FNO3. The van der Waals surface area contributed by atoms with Gasteiger partial charge in [0.25, 0.3) is 0 Å². The fourth-order valence-electron chi connectivity index (χ4n) is 4.09. The van der Waals surface area contributed by atoms with Gasteiger partial charge in [0, 0.05) is 5.56 Å². The largest absolute Gasteiger partial charge is 0.478 e. The molecule has 4 rings (SSSR count). The maximum Gasteiger partial charge on any atom is 0.335 e. The van der Waals surface area contributed by atoms with Crippen LogP contribution in [0.15, 0.2) is 42.5 Å². The van der Waals surface area contributed by atoms with Gasteiger partial charge in [-0.15, -0.1) is 0 Å². The number of rotatable bonds is 4. The number of carboxylic acid groups (broad SMARTS) is 1. The Balaban J connectivity index is 1.61. The first-order valence-corrected chi connectivity index (χ1v) is 8.85. The molecule has 1 fully saturated rings. The number of hydrogen-bond acceptors (Lipinski definition) is 2. The van der Waals surface area contributed by atoms with Gasteiger partial charge in [-0.05, 0) is 54.5 Å². The molecule has 4 nitrogen and oxygen atoms in total. The molecule has 0 heterocycles. The number of carbonyl (C=O) groups excluding carboxylic acids is 1. The van der Waals surface area contributed by atoms with E-state index in [1.54, 1.807) is 30.3 Å². The predicted octanol–water partition coefficient (Wildman–Crippen LogP) is 3.92. The number of carbonyl (C=O) groups is 2. The van der Waals surface area contributed by atoms with Crippen LogP contribution in [0.2, 0.25) is 0 Å². The van der Waals surface area contributed by atoms with E-state index in [9.17, 15) is 19.1 Å². The van der Waals surface area contributed by atoms with Crippen molar-refractivity contribution in [3.05, 3.63) is 70.5 Å². The first kappa shape index (κ1) is 16.8. The molecule has 1 unspecified atom stereocenters. The lowest BCUT2D eigenvalue weighted by Gasteiger charge is -2.21. The zero-order valence-corrected chi connectivity index (χ0v) is 14.5. The number of halogens is 1. The van der Waals surface area contributed by atoms with Gasteiger partial charge in [0.15, 0.2) is 0 Å². The van der Waals surface area contributed by atoms with Crippen molar-refractivity contribution < 1.29 is 19.1 Å². The Kier molecular flexibility index (Phi) is 3.83. The maximum atomic E-state index is 14.2. The van der Waals surface area contributed by atoms with Crippen molar-refractivity contribution in [3.8, 4) is 0 Å². The van der Waals surface area contributed by atoms with Crippen molar-refractivity contribution in [2.75, 3.05) is 0 Å². The topological polar surface area (TPSA) is 66.4 Å². The molecule has 2 aromatic carbocycles. The molecule has 2 atom stereocenters. The lowest BCUT2D eigenvalue weighted by atomic mass is 9.93. The molecule has 0 saturated heterocycles. The normalized spacial score (nSPS) is 22.5. The van der Waals surface area contributed by atoms with Gasteiger partial charge in [0.2, 0.25) is 5.91 Å². The van der Waals surface area contributed by atoms with Gasteiger partial charge >= 0.3 is 5.97 Å². The highest BCUT2D eigenvalue weighted by Crippen LogP contribution is 2.50. The van der Waals surface area contributed by atoms with Crippen LogP contribution in [0.25, 0.3) is 0 Å². The lowest BCUT2D eigenvalue weighted by molar-refractivity contribution is -0.124. The average molecular weight is 353 g/mol. The minimum absolute atomic E-state index is 0.173. The summed E-state index contributed by atoms with van der Waals surface area (Å²) < 4.78 is 14.2. The van der Waals surface area contributed by atoms with Gasteiger partial charge in [-0.2, -0.15) is 0 Å². The fraction of sp³-hybridized carbons (Fsp3) is 0.333. The first-order valence-electron chi connectivity index (χ1n) is 8.85. The predicted molar refractivity (Wildman–Crippen MR) is 94.6 cm³/mol. The highest BCUT2D eigenvalue weighted by Gasteiger charge is 2.53. The van der Waals surface area contributed by atoms with Crippen LogP contribution >= 0.6 is 0 Å². The smallest absolute Gasteiger partial charge is 0.335 e. The second kappa shape index (κ2) is 5.94. The Bertz CT molecular complexity index is 904. The van der Waals surface area contributed by atoms with E-state index in [2.05, 4.69) is 12.2 Å². The second-order valence-electron chi connectivity index (χ2n) is 7.37. The third-order valence-corrected chi connectivity index (χ3v) is 5.71. The summed E-state index contributed by atoms with van der Waals surface area (Å²) in [6, 6.07) is 11.3. The molecule has 2 N–H and O–H groups in total. The third-order valence-electron chi connectivity index (χ3n) is 5.71. The molecule has 5 heteroatoms.